The van der Waals surface area contributed by atoms with Crippen molar-refractivity contribution >= 4 is 39.0 Å². The molecular formula is C25H27NO4S. The maximum Gasteiger partial charge on any atom is 0.341 e. The second-order valence-corrected chi connectivity index (χ2v) is 8.75. The van der Waals surface area contributed by atoms with Gasteiger partial charge in [-0.2, -0.15) is 0 Å². The molecule has 1 heterocycles. The lowest BCUT2D eigenvalue weighted by atomic mass is 9.95. The van der Waals surface area contributed by atoms with Gasteiger partial charge >= 0.3 is 5.97 Å². The molecule has 3 aromatic rings. The van der Waals surface area contributed by atoms with Crippen LogP contribution >= 0.6 is 11.3 Å². The fraction of sp³-hybridized carbons (Fsp3) is 0.360. The molecule has 0 unspecified atom stereocenters. The van der Waals surface area contributed by atoms with Gasteiger partial charge in [-0.05, 0) is 67.5 Å². The molecule has 0 radical (unpaired) electrons. The molecule has 1 N–H and O–H groups in total. The van der Waals surface area contributed by atoms with Gasteiger partial charge in [0, 0.05) is 4.88 Å². The van der Waals surface area contributed by atoms with E-state index in [1.165, 1.54) is 16.2 Å². The van der Waals surface area contributed by atoms with Gasteiger partial charge in [0.2, 0.25) is 0 Å². The van der Waals surface area contributed by atoms with Crippen molar-refractivity contribution in [2.45, 2.75) is 52.1 Å². The lowest BCUT2D eigenvalue weighted by molar-refractivity contribution is -0.122. The van der Waals surface area contributed by atoms with Gasteiger partial charge in [-0.25, -0.2) is 4.79 Å². The molecule has 0 fully saturated rings. The van der Waals surface area contributed by atoms with Gasteiger partial charge in [0.05, 0.1) is 12.2 Å². The molecule has 1 aliphatic rings. The third-order valence-corrected chi connectivity index (χ3v) is 6.76. The number of amides is 1. The number of aryl methyl sites for hydroxylation is 1. The van der Waals surface area contributed by atoms with Crippen molar-refractivity contribution in [1.82, 2.24) is 0 Å². The number of hydrogen-bond acceptors (Lipinski definition) is 5. The van der Waals surface area contributed by atoms with Crippen molar-refractivity contribution in [3.63, 3.8) is 0 Å². The fourth-order valence-corrected chi connectivity index (χ4v) is 5.27. The van der Waals surface area contributed by atoms with E-state index in [1.54, 1.807) is 6.92 Å². The third-order valence-electron chi connectivity index (χ3n) is 5.55. The quantitative estimate of drug-likeness (QED) is 0.478. The van der Waals surface area contributed by atoms with Crippen LogP contribution in [-0.4, -0.2) is 24.6 Å². The van der Waals surface area contributed by atoms with Crippen LogP contribution in [0, 0.1) is 0 Å². The molecule has 0 bridgehead atoms. The molecule has 0 saturated carbocycles. The van der Waals surface area contributed by atoms with Crippen LogP contribution in [-0.2, 0) is 22.4 Å². The van der Waals surface area contributed by atoms with E-state index in [2.05, 4.69) is 5.32 Å². The van der Waals surface area contributed by atoms with E-state index in [0.29, 0.717) is 29.3 Å². The Bertz CT molecular complexity index is 1100. The van der Waals surface area contributed by atoms with Gasteiger partial charge in [0.15, 0.2) is 6.10 Å². The zero-order chi connectivity index (χ0) is 21.8. The summed E-state index contributed by atoms with van der Waals surface area (Å²) in [5.41, 5.74) is 1.56. The van der Waals surface area contributed by atoms with E-state index in [0.717, 1.165) is 42.0 Å². The van der Waals surface area contributed by atoms with Crippen LogP contribution in [0.5, 0.6) is 5.75 Å². The molecule has 0 aliphatic heterocycles. The second kappa shape index (κ2) is 9.52. The number of benzene rings is 2. The topological polar surface area (TPSA) is 64.6 Å². The van der Waals surface area contributed by atoms with Gasteiger partial charge in [-0.15, -0.1) is 11.3 Å². The lowest BCUT2D eigenvalue weighted by Crippen LogP contribution is -2.32. The molecule has 4 rings (SSSR count). The van der Waals surface area contributed by atoms with Gasteiger partial charge < -0.3 is 14.8 Å². The molecule has 1 amide bonds. The van der Waals surface area contributed by atoms with Crippen LogP contribution in [0.25, 0.3) is 10.8 Å². The molecule has 6 heteroatoms. The molecule has 5 nitrogen and oxygen atoms in total. The molecule has 1 atom stereocenters. The summed E-state index contributed by atoms with van der Waals surface area (Å²) in [7, 11) is 0. The van der Waals surface area contributed by atoms with Gasteiger partial charge in [-0.1, -0.05) is 37.3 Å². The predicted molar refractivity (Wildman–Crippen MR) is 124 cm³/mol. The van der Waals surface area contributed by atoms with Crippen LogP contribution < -0.4 is 10.1 Å². The summed E-state index contributed by atoms with van der Waals surface area (Å²) >= 11 is 1.49. The first-order chi connectivity index (χ1) is 15.1. The minimum Gasteiger partial charge on any atom is -0.481 e. The highest BCUT2D eigenvalue weighted by atomic mass is 32.1. The van der Waals surface area contributed by atoms with Crippen LogP contribution in [0.1, 0.15) is 53.9 Å². The zero-order valence-corrected chi connectivity index (χ0v) is 18.7. The Morgan fingerprint density at radius 3 is 2.61 bits per heavy atom. The van der Waals surface area contributed by atoms with Crippen molar-refractivity contribution in [3.05, 3.63) is 58.5 Å². The Balaban J connectivity index is 1.55. The van der Waals surface area contributed by atoms with Gasteiger partial charge in [0.1, 0.15) is 10.8 Å². The number of anilines is 1. The average Bonchev–Trinajstić information content (AvgIpc) is 3.15. The number of carbonyl (C=O) groups is 2. The number of hydrogen-bond donors (Lipinski definition) is 1. The van der Waals surface area contributed by atoms with Crippen molar-refractivity contribution in [1.29, 1.82) is 0 Å². The van der Waals surface area contributed by atoms with Crippen molar-refractivity contribution < 1.29 is 19.1 Å². The number of thiophene rings is 1. The molecule has 162 valence electrons. The summed E-state index contributed by atoms with van der Waals surface area (Å²) in [6.07, 6.45) is 3.79. The molecular weight excluding hydrogens is 410 g/mol. The maximum atomic E-state index is 13.1. The third kappa shape index (κ3) is 4.59. The molecule has 0 spiro atoms. The summed E-state index contributed by atoms with van der Waals surface area (Å²) in [6, 6.07) is 13.8. The summed E-state index contributed by atoms with van der Waals surface area (Å²) in [5, 5.41) is 5.73. The van der Waals surface area contributed by atoms with Crippen molar-refractivity contribution in [3.8, 4) is 5.75 Å². The van der Waals surface area contributed by atoms with E-state index < -0.39 is 6.10 Å². The average molecular weight is 438 g/mol. The highest BCUT2D eigenvalue weighted by Crippen LogP contribution is 2.38. The van der Waals surface area contributed by atoms with Crippen LogP contribution in [0.3, 0.4) is 0 Å². The Hall–Kier alpha value is -2.86. The SMILES string of the molecule is CCOC(=O)c1c(NC(=O)[C@@H](CC)Oc2ccc3ccccc3c2)sc2c1CCCC2. The Morgan fingerprint density at radius 2 is 1.84 bits per heavy atom. The zero-order valence-electron chi connectivity index (χ0n) is 17.9. The largest absolute Gasteiger partial charge is 0.481 e. The van der Waals surface area contributed by atoms with Crippen molar-refractivity contribution in [2.75, 3.05) is 11.9 Å². The Morgan fingerprint density at radius 1 is 1.06 bits per heavy atom. The number of esters is 1. The minimum absolute atomic E-state index is 0.250. The number of nitrogens with one attached hydrogen (secondary N) is 1. The van der Waals surface area contributed by atoms with E-state index in [4.69, 9.17) is 9.47 Å². The molecule has 31 heavy (non-hydrogen) atoms. The summed E-state index contributed by atoms with van der Waals surface area (Å²) in [6.45, 7) is 4.01. The summed E-state index contributed by atoms with van der Waals surface area (Å²) in [4.78, 5) is 26.9. The van der Waals surface area contributed by atoms with Gasteiger partial charge in [0.25, 0.3) is 5.91 Å². The smallest absolute Gasteiger partial charge is 0.341 e. The van der Waals surface area contributed by atoms with Crippen LogP contribution in [0.4, 0.5) is 5.00 Å². The van der Waals surface area contributed by atoms with E-state index >= 15 is 0 Å². The molecule has 2 aromatic carbocycles. The van der Waals surface area contributed by atoms with Crippen LogP contribution in [0.2, 0.25) is 0 Å². The van der Waals surface area contributed by atoms with E-state index in [1.807, 2.05) is 49.4 Å². The first-order valence-corrected chi connectivity index (χ1v) is 11.7. The normalized spacial score (nSPS) is 14.0. The molecule has 1 aliphatic carbocycles. The first-order valence-electron chi connectivity index (χ1n) is 10.9. The van der Waals surface area contributed by atoms with E-state index in [9.17, 15) is 9.59 Å². The Kier molecular flexibility index (Phi) is 6.56. The lowest BCUT2D eigenvalue weighted by Gasteiger charge is -2.18. The monoisotopic (exact) mass is 437 g/mol. The summed E-state index contributed by atoms with van der Waals surface area (Å²) in [5.74, 6) is 0.0392. The minimum atomic E-state index is -0.657. The predicted octanol–water partition coefficient (Wildman–Crippen LogP) is 5.75. The number of fused-ring (bicyclic) bond motifs is 2. The maximum absolute atomic E-state index is 13.1. The molecule has 0 saturated heterocycles. The molecule has 1 aromatic heterocycles. The second-order valence-electron chi connectivity index (χ2n) is 7.65. The highest BCUT2D eigenvalue weighted by Gasteiger charge is 2.29. The van der Waals surface area contributed by atoms with Gasteiger partial charge in [-0.3, -0.25) is 4.79 Å². The Labute approximate surface area is 186 Å². The summed E-state index contributed by atoms with van der Waals surface area (Å²) < 4.78 is 11.3. The van der Waals surface area contributed by atoms with Crippen LogP contribution in [0.15, 0.2) is 42.5 Å². The van der Waals surface area contributed by atoms with E-state index in [-0.39, 0.29) is 11.9 Å². The first kappa shape index (κ1) is 21.4. The highest BCUT2D eigenvalue weighted by molar-refractivity contribution is 7.17. The number of ether oxygens (including phenoxy) is 2. The van der Waals surface area contributed by atoms with Crippen molar-refractivity contribution in [2.24, 2.45) is 0 Å². The fourth-order valence-electron chi connectivity index (χ4n) is 3.99. The standard InChI is InChI=1S/C25H27NO4S/c1-3-20(30-18-14-13-16-9-5-6-10-17(16)15-18)23(27)26-24-22(25(28)29-4-2)19-11-7-8-12-21(19)31-24/h5-6,9-10,13-15,20H,3-4,7-8,11-12H2,1-2H3,(H,26,27)/t20-/m1/s1. The number of rotatable bonds is 7. The number of carbonyl (C=O) groups excluding carboxylic acids is 2.